The molecule has 1 amide bonds. The predicted molar refractivity (Wildman–Crippen MR) is 66.1 cm³/mol. The van der Waals surface area contributed by atoms with E-state index in [0.29, 0.717) is 6.54 Å². The van der Waals surface area contributed by atoms with Gasteiger partial charge in [-0.1, -0.05) is 30.3 Å². The Bertz CT molecular complexity index is 346. The van der Waals surface area contributed by atoms with E-state index in [1.165, 1.54) is 0 Å². The smallest absolute Gasteiger partial charge is 0.242 e. The zero-order valence-electron chi connectivity index (χ0n) is 10.4. The van der Waals surface area contributed by atoms with E-state index >= 15 is 0 Å². The number of benzene rings is 1. The van der Waals surface area contributed by atoms with Gasteiger partial charge in [0, 0.05) is 13.6 Å². The summed E-state index contributed by atoms with van der Waals surface area (Å²) in [4.78, 5) is 13.8. The van der Waals surface area contributed by atoms with Crippen molar-refractivity contribution in [1.82, 2.24) is 10.2 Å². The summed E-state index contributed by atoms with van der Waals surface area (Å²) in [6.45, 7) is 4.42. The molecule has 0 saturated carbocycles. The Balaban J connectivity index is 2.66. The van der Waals surface area contributed by atoms with Crippen LogP contribution in [-0.4, -0.2) is 30.4 Å². The number of rotatable bonds is 4. The van der Waals surface area contributed by atoms with Gasteiger partial charge in [0.2, 0.25) is 5.91 Å². The van der Waals surface area contributed by atoms with Crippen molar-refractivity contribution < 1.29 is 4.79 Å². The third-order valence-electron chi connectivity index (χ3n) is 2.77. The first kappa shape index (κ1) is 12.7. The molecule has 3 nitrogen and oxygen atoms in total. The Labute approximate surface area is 97.5 Å². The number of carbonyl (C=O) groups is 1. The lowest BCUT2D eigenvalue weighted by molar-refractivity contribution is -0.136. The van der Waals surface area contributed by atoms with Crippen LogP contribution in [0.3, 0.4) is 0 Å². The molecule has 1 N–H and O–H groups in total. The van der Waals surface area contributed by atoms with Crippen LogP contribution in [0.25, 0.3) is 0 Å². The van der Waals surface area contributed by atoms with Gasteiger partial charge in [-0.2, -0.15) is 0 Å². The van der Waals surface area contributed by atoms with E-state index in [9.17, 15) is 4.79 Å². The van der Waals surface area contributed by atoms with Gasteiger partial charge in [0.25, 0.3) is 0 Å². The van der Waals surface area contributed by atoms with Crippen molar-refractivity contribution in [3.05, 3.63) is 35.9 Å². The number of nitrogens with zero attached hydrogens (tertiary/aromatic N) is 1. The molecule has 1 aromatic rings. The summed E-state index contributed by atoms with van der Waals surface area (Å²) in [7, 11) is 3.63. The molecule has 1 aromatic carbocycles. The largest absolute Gasteiger partial charge is 0.340 e. The van der Waals surface area contributed by atoms with E-state index in [-0.39, 0.29) is 5.91 Å². The van der Waals surface area contributed by atoms with Gasteiger partial charge in [0.1, 0.15) is 0 Å². The molecule has 88 valence electrons. The molecular formula is C13H20N2O. The maximum Gasteiger partial charge on any atom is 0.242 e. The number of hydrogen-bond donors (Lipinski definition) is 1. The van der Waals surface area contributed by atoms with E-state index in [1.807, 2.05) is 51.2 Å². The molecular weight excluding hydrogens is 200 g/mol. The third-order valence-corrected chi connectivity index (χ3v) is 2.77. The van der Waals surface area contributed by atoms with Crippen molar-refractivity contribution in [3.8, 4) is 0 Å². The molecule has 3 heteroatoms. The summed E-state index contributed by atoms with van der Waals surface area (Å²) in [5.74, 6) is 0.0962. The molecule has 0 saturated heterocycles. The number of likely N-dealkylation sites (N-methyl/N-ethyl adjacent to an activating group) is 2. The highest BCUT2D eigenvalue weighted by Gasteiger charge is 2.28. The van der Waals surface area contributed by atoms with E-state index in [1.54, 1.807) is 11.9 Å². The van der Waals surface area contributed by atoms with Crippen LogP contribution in [0.15, 0.2) is 30.3 Å². The minimum Gasteiger partial charge on any atom is -0.340 e. The molecule has 0 aromatic heterocycles. The van der Waals surface area contributed by atoms with Crippen LogP contribution in [0.5, 0.6) is 0 Å². The molecule has 0 fully saturated rings. The molecule has 1 rings (SSSR count). The van der Waals surface area contributed by atoms with Crippen molar-refractivity contribution in [2.75, 3.05) is 14.1 Å². The molecule has 0 bridgehead atoms. The van der Waals surface area contributed by atoms with Crippen molar-refractivity contribution in [2.45, 2.75) is 25.9 Å². The number of carbonyl (C=O) groups excluding carboxylic acids is 1. The maximum absolute atomic E-state index is 12.1. The SMILES string of the molecule is CNC(C)(C)C(=O)N(C)Cc1ccccc1. The first-order valence-corrected chi connectivity index (χ1v) is 5.46. The standard InChI is InChI=1S/C13H20N2O/c1-13(2,14-3)12(16)15(4)10-11-8-6-5-7-9-11/h5-9,14H,10H2,1-4H3. The molecule has 0 heterocycles. The van der Waals surface area contributed by atoms with Crippen LogP contribution < -0.4 is 5.32 Å². The van der Waals surface area contributed by atoms with Gasteiger partial charge < -0.3 is 10.2 Å². The maximum atomic E-state index is 12.1. The Morgan fingerprint density at radius 1 is 1.31 bits per heavy atom. The van der Waals surface area contributed by atoms with Gasteiger partial charge in [-0.05, 0) is 26.5 Å². The number of nitrogens with one attached hydrogen (secondary N) is 1. The Morgan fingerprint density at radius 3 is 2.38 bits per heavy atom. The lowest BCUT2D eigenvalue weighted by atomic mass is 10.0. The van der Waals surface area contributed by atoms with E-state index in [0.717, 1.165) is 5.56 Å². The summed E-state index contributed by atoms with van der Waals surface area (Å²) in [6.07, 6.45) is 0. The number of hydrogen-bond acceptors (Lipinski definition) is 2. The Morgan fingerprint density at radius 2 is 1.88 bits per heavy atom. The van der Waals surface area contributed by atoms with Crippen LogP contribution >= 0.6 is 0 Å². The second-order valence-corrected chi connectivity index (χ2v) is 4.52. The first-order chi connectivity index (χ1) is 7.47. The van der Waals surface area contributed by atoms with Crippen LogP contribution in [0.2, 0.25) is 0 Å². The average molecular weight is 220 g/mol. The third kappa shape index (κ3) is 3.07. The van der Waals surface area contributed by atoms with Crippen molar-refractivity contribution in [2.24, 2.45) is 0 Å². The lowest BCUT2D eigenvalue weighted by Gasteiger charge is -2.29. The van der Waals surface area contributed by atoms with Crippen molar-refractivity contribution >= 4 is 5.91 Å². The van der Waals surface area contributed by atoms with Crippen LogP contribution in [0, 0.1) is 0 Å². The van der Waals surface area contributed by atoms with E-state index < -0.39 is 5.54 Å². The summed E-state index contributed by atoms with van der Waals surface area (Å²) in [5.41, 5.74) is 0.633. The fourth-order valence-electron chi connectivity index (χ4n) is 1.51. The summed E-state index contributed by atoms with van der Waals surface area (Å²) < 4.78 is 0. The molecule has 0 unspecified atom stereocenters. The first-order valence-electron chi connectivity index (χ1n) is 5.46. The second kappa shape index (κ2) is 5.12. The lowest BCUT2D eigenvalue weighted by Crippen LogP contribution is -2.51. The summed E-state index contributed by atoms with van der Waals surface area (Å²) >= 11 is 0. The zero-order valence-corrected chi connectivity index (χ0v) is 10.4. The van der Waals surface area contributed by atoms with Gasteiger partial charge in [-0.15, -0.1) is 0 Å². The van der Waals surface area contributed by atoms with Crippen LogP contribution in [0.1, 0.15) is 19.4 Å². The van der Waals surface area contributed by atoms with E-state index in [2.05, 4.69) is 5.32 Å². The van der Waals surface area contributed by atoms with Gasteiger partial charge in [0.15, 0.2) is 0 Å². The molecule has 0 atom stereocenters. The average Bonchev–Trinajstić information content (AvgIpc) is 2.29. The van der Waals surface area contributed by atoms with Crippen LogP contribution in [0.4, 0.5) is 0 Å². The van der Waals surface area contributed by atoms with Crippen LogP contribution in [-0.2, 0) is 11.3 Å². The quantitative estimate of drug-likeness (QED) is 0.836. The highest BCUT2D eigenvalue weighted by atomic mass is 16.2. The number of amides is 1. The normalized spacial score (nSPS) is 11.2. The van der Waals surface area contributed by atoms with Crippen molar-refractivity contribution in [3.63, 3.8) is 0 Å². The van der Waals surface area contributed by atoms with Crippen molar-refractivity contribution in [1.29, 1.82) is 0 Å². The van der Waals surface area contributed by atoms with Gasteiger partial charge in [-0.3, -0.25) is 4.79 Å². The highest BCUT2D eigenvalue weighted by molar-refractivity contribution is 5.85. The van der Waals surface area contributed by atoms with E-state index in [4.69, 9.17) is 0 Å². The van der Waals surface area contributed by atoms with Gasteiger partial charge in [0.05, 0.1) is 5.54 Å². The highest BCUT2D eigenvalue weighted by Crippen LogP contribution is 2.09. The minimum absolute atomic E-state index is 0.0962. The molecule has 0 aliphatic carbocycles. The second-order valence-electron chi connectivity index (χ2n) is 4.52. The summed E-state index contributed by atoms with van der Waals surface area (Å²) in [6, 6.07) is 9.99. The van der Waals surface area contributed by atoms with Gasteiger partial charge >= 0.3 is 0 Å². The molecule has 0 radical (unpaired) electrons. The Kier molecular flexibility index (Phi) is 4.07. The monoisotopic (exact) mass is 220 g/mol. The molecule has 0 spiro atoms. The Hall–Kier alpha value is -1.35. The minimum atomic E-state index is -0.510. The fraction of sp³-hybridized carbons (Fsp3) is 0.462. The van der Waals surface area contributed by atoms with Gasteiger partial charge in [-0.25, -0.2) is 0 Å². The zero-order chi connectivity index (χ0) is 12.2. The fourth-order valence-corrected chi connectivity index (χ4v) is 1.51. The molecule has 0 aliphatic heterocycles. The topological polar surface area (TPSA) is 32.3 Å². The summed E-state index contributed by atoms with van der Waals surface area (Å²) in [5, 5.41) is 3.02. The molecule has 0 aliphatic rings. The predicted octanol–water partition coefficient (Wildman–Crippen LogP) is 1.64. The molecule has 16 heavy (non-hydrogen) atoms.